The normalized spacial score (nSPS) is 38.8. The number of aliphatic hydroxyl groups is 7. The van der Waals surface area contributed by atoms with Crippen molar-refractivity contribution in [1.82, 2.24) is 0 Å². The minimum atomic E-state index is -1.69. The summed E-state index contributed by atoms with van der Waals surface area (Å²) >= 11 is 0. The van der Waals surface area contributed by atoms with Gasteiger partial charge in [0.2, 0.25) is 0 Å². The van der Waals surface area contributed by atoms with Crippen LogP contribution in [0.2, 0.25) is 0 Å². The van der Waals surface area contributed by atoms with Crippen LogP contribution in [-0.2, 0) is 18.9 Å². The van der Waals surface area contributed by atoms with Gasteiger partial charge in [-0.25, -0.2) is 0 Å². The summed E-state index contributed by atoms with van der Waals surface area (Å²) in [7, 11) is 0. The summed E-state index contributed by atoms with van der Waals surface area (Å²) in [6, 6.07) is 0. The van der Waals surface area contributed by atoms with Gasteiger partial charge in [0.25, 0.3) is 0 Å². The van der Waals surface area contributed by atoms with Crippen LogP contribution in [0.4, 0.5) is 0 Å². The lowest BCUT2D eigenvalue weighted by Gasteiger charge is -2.45. The fourth-order valence-corrected chi connectivity index (χ4v) is 4.31. The Morgan fingerprint density at radius 2 is 1.12 bits per heavy atom. The molecule has 10 atom stereocenters. The first-order chi connectivity index (χ1) is 16.3. The van der Waals surface area contributed by atoms with Crippen LogP contribution in [0.15, 0.2) is 0 Å². The van der Waals surface area contributed by atoms with Crippen LogP contribution in [0, 0.1) is 0 Å². The second-order valence-electron chi connectivity index (χ2n) is 9.20. The van der Waals surface area contributed by atoms with E-state index in [1.807, 2.05) is 0 Å². The van der Waals surface area contributed by atoms with Crippen molar-refractivity contribution >= 4 is 0 Å². The van der Waals surface area contributed by atoms with Crippen LogP contribution < -0.4 is 0 Å². The molecule has 0 radical (unpaired) electrons. The maximum atomic E-state index is 10.6. The molecule has 2 aliphatic rings. The van der Waals surface area contributed by atoms with E-state index in [1.165, 1.54) is 38.5 Å². The number of hydrogen-bond acceptors (Lipinski definition) is 11. The summed E-state index contributed by atoms with van der Waals surface area (Å²) in [5.41, 5.74) is 0. The van der Waals surface area contributed by atoms with E-state index >= 15 is 0 Å². The highest BCUT2D eigenvalue weighted by atomic mass is 16.7. The average molecular weight is 497 g/mol. The molecule has 0 aromatic carbocycles. The molecular weight excluding hydrogens is 452 g/mol. The molecule has 11 nitrogen and oxygen atoms in total. The summed E-state index contributed by atoms with van der Waals surface area (Å²) in [5.74, 6) is 0. The maximum Gasteiger partial charge on any atom is 0.187 e. The average Bonchev–Trinajstić information content (AvgIpc) is 2.84. The van der Waals surface area contributed by atoms with Crippen LogP contribution in [0.5, 0.6) is 0 Å². The summed E-state index contributed by atoms with van der Waals surface area (Å²) in [5, 5.41) is 70.0. The van der Waals surface area contributed by atoms with Crippen molar-refractivity contribution in [1.29, 1.82) is 0 Å². The van der Waals surface area contributed by atoms with Gasteiger partial charge in [0.15, 0.2) is 12.6 Å². The summed E-state index contributed by atoms with van der Waals surface area (Å²) in [4.78, 5) is 0. The summed E-state index contributed by atoms with van der Waals surface area (Å²) in [6.07, 6.45) is -3.99. The fraction of sp³-hybridized carbons (Fsp3) is 1.00. The third kappa shape index (κ3) is 8.31. The molecule has 0 saturated carbocycles. The summed E-state index contributed by atoms with van der Waals surface area (Å²) < 4.78 is 22.0. The third-order valence-corrected chi connectivity index (χ3v) is 6.49. The molecule has 2 heterocycles. The lowest BCUT2D eigenvalue weighted by molar-refractivity contribution is -0.359. The van der Waals surface area contributed by atoms with Crippen LogP contribution >= 0.6 is 0 Å². The molecule has 11 heteroatoms. The van der Waals surface area contributed by atoms with Gasteiger partial charge in [-0.15, -0.1) is 0 Å². The molecule has 7 N–H and O–H groups in total. The molecule has 0 spiro atoms. The van der Waals surface area contributed by atoms with Gasteiger partial charge in [-0.2, -0.15) is 0 Å². The highest BCUT2D eigenvalue weighted by Gasteiger charge is 2.50. The zero-order valence-electron chi connectivity index (χ0n) is 20.0. The molecule has 0 aromatic rings. The Hall–Kier alpha value is -0.440. The van der Waals surface area contributed by atoms with Crippen molar-refractivity contribution in [3.63, 3.8) is 0 Å². The molecule has 0 aliphatic carbocycles. The Kier molecular flexibility index (Phi) is 13.7. The standard InChI is InChI=1S/C23H44O11/c1-2-3-4-5-6-7-8-9-10-11-31-22-20(30)18(28)21(15(13-25)33-22)34-23-19(29)17(27)16(26)14(12-24)32-23/h14-30H,2-13H2,1H3/t14-,15-,16-,17+,18-,19-,20-,21+,22-,23+/m0/s1. The van der Waals surface area contributed by atoms with E-state index in [2.05, 4.69) is 6.92 Å². The van der Waals surface area contributed by atoms with Crippen molar-refractivity contribution in [2.45, 2.75) is 126 Å². The van der Waals surface area contributed by atoms with Crippen molar-refractivity contribution in [3.8, 4) is 0 Å². The zero-order valence-corrected chi connectivity index (χ0v) is 20.0. The largest absolute Gasteiger partial charge is 0.394 e. The monoisotopic (exact) mass is 496 g/mol. The predicted molar refractivity (Wildman–Crippen MR) is 120 cm³/mol. The topological polar surface area (TPSA) is 179 Å². The molecule has 0 aromatic heterocycles. The highest BCUT2D eigenvalue weighted by molar-refractivity contribution is 4.94. The van der Waals surface area contributed by atoms with E-state index < -0.39 is 74.6 Å². The minimum Gasteiger partial charge on any atom is -0.394 e. The van der Waals surface area contributed by atoms with Crippen molar-refractivity contribution < 1.29 is 54.7 Å². The Labute approximate surface area is 201 Å². The molecule has 0 bridgehead atoms. The van der Waals surface area contributed by atoms with Gasteiger partial charge in [-0.3, -0.25) is 0 Å². The number of rotatable bonds is 15. The fourth-order valence-electron chi connectivity index (χ4n) is 4.31. The molecule has 2 rings (SSSR count). The summed E-state index contributed by atoms with van der Waals surface area (Å²) in [6.45, 7) is 1.29. The Morgan fingerprint density at radius 1 is 0.588 bits per heavy atom. The zero-order chi connectivity index (χ0) is 25.1. The molecule has 0 amide bonds. The first-order valence-corrected chi connectivity index (χ1v) is 12.6. The molecule has 34 heavy (non-hydrogen) atoms. The van der Waals surface area contributed by atoms with Gasteiger partial charge >= 0.3 is 0 Å². The second kappa shape index (κ2) is 15.6. The second-order valence-corrected chi connectivity index (χ2v) is 9.20. The van der Waals surface area contributed by atoms with Crippen LogP contribution in [0.3, 0.4) is 0 Å². The maximum absolute atomic E-state index is 10.6. The van der Waals surface area contributed by atoms with Crippen LogP contribution in [-0.4, -0.2) is 117 Å². The van der Waals surface area contributed by atoms with Gasteiger partial charge in [0.1, 0.15) is 48.8 Å². The van der Waals surface area contributed by atoms with Gasteiger partial charge in [0, 0.05) is 6.61 Å². The SMILES string of the molecule is CCCCCCCCCCCO[C@H]1O[C@@H](CO)[C@@H](O[C@H]2O[C@@H](CO)[C@H](O)[C@@H](O)[C@@H]2O)[C@@H](O)[C@@H]1O. The number of aliphatic hydroxyl groups excluding tert-OH is 7. The Balaban J connectivity index is 1.78. The van der Waals surface area contributed by atoms with Crippen molar-refractivity contribution in [2.24, 2.45) is 0 Å². The van der Waals surface area contributed by atoms with Gasteiger partial charge < -0.3 is 54.7 Å². The third-order valence-electron chi connectivity index (χ3n) is 6.49. The van der Waals surface area contributed by atoms with Crippen molar-refractivity contribution in [2.75, 3.05) is 19.8 Å². The van der Waals surface area contributed by atoms with Crippen LogP contribution in [0.25, 0.3) is 0 Å². The highest BCUT2D eigenvalue weighted by Crippen LogP contribution is 2.29. The molecule has 202 valence electrons. The first-order valence-electron chi connectivity index (χ1n) is 12.6. The lowest BCUT2D eigenvalue weighted by Crippen LogP contribution is -2.64. The van der Waals surface area contributed by atoms with E-state index in [1.54, 1.807) is 0 Å². The van der Waals surface area contributed by atoms with E-state index in [-0.39, 0.29) is 0 Å². The predicted octanol–water partition coefficient (Wildman–Crippen LogP) is -0.842. The molecule has 0 unspecified atom stereocenters. The van der Waals surface area contributed by atoms with Crippen molar-refractivity contribution in [3.05, 3.63) is 0 Å². The first kappa shape index (κ1) is 29.8. The van der Waals surface area contributed by atoms with Gasteiger partial charge in [-0.05, 0) is 6.42 Å². The van der Waals surface area contributed by atoms with Gasteiger partial charge in [0.05, 0.1) is 13.2 Å². The van der Waals surface area contributed by atoms with Gasteiger partial charge in [-0.1, -0.05) is 58.3 Å². The number of hydrogen-bond donors (Lipinski definition) is 7. The van der Waals surface area contributed by atoms with E-state index in [9.17, 15) is 35.7 Å². The molecule has 2 fully saturated rings. The number of ether oxygens (including phenoxy) is 4. The molecular formula is C23H44O11. The van der Waals surface area contributed by atoms with E-state index in [0.29, 0.717) is 6.61 Å². The van der Waals surface area contributed by atoms with Crippen LogP contribution in [0.1, 0.15) is 64.7 Å². The molecule has 2 saturated heterocycles. The lowest BCUT2D eigenvalue weighted by atomic mass is 9.97. The van der Waals surface area contributed by atoms with E-state index in [4.69, 9.17) is 18.9 Å². The minimum absolute atomic E-state index is 0.320. The number of unbranched alkanes of at least 4 members (excludes halogenated alkanes) is 8. The quantitative estimate of drug-likeness (QED) is 0.141. The Bertz CT molecular complexity index is 535. The smallest absolute Gasteiger partial charge is 0.187 e. The van der Waals surface area contributed by atoms with E-state index in [0.717, 1.165) is 19.3 Å². The Morgan fingerprint density at radius 3 is 1.71 bits per heavy atom. The molecule has 2 aliphatic heterocycles.